The van der Waals surface area contributed by atoms with Gasteiger partial charge >= 0.3 is 11.9 Å². The number of aromatic nitrogens is 2. The molecule has 0 aliphatic rings. The van der Waals surface area contributed by atoms with Gasteiger partial charge in [0, 0.05) is 24.8 Å². The number of furan rings is 1. The highest BCUT2D eigenvalue weighted by Crippen LogP contribution is 2.29. The zero-order valence-corrected chi connectivity index (χ0v) is 17.8. The first-order valence-corrected chi connectivity index (χ1v) is 9.91. The molecule has 1 N–H and O–H groups in total. The Morgan fingerprint density at radius 1 is 1.24 bits per heavy atom. The molecule has 2 aromatic heterocycles. The molecule has 0 radical (unpaired) electrons. The van der Waals surface area contributed by atoms with Crippen LogP contribution in [-0.2, 0) is 19.3 Å². The van der Waals surface area contributed by atoms with Crippen molar-refractivity contribution < 1.29 is 32.0 Å². The lowest BCUT2D eigenvalue weighted by molar-refractivity contribution is -0.386. The molecule has 33 heavy (non-hydrogen) atoms. The van der Waals surface area contributed by atoms with Crippen LogP contribution >= 0.6 is 0 Å². The number of nitro groups is 1. The van der Waals surface area contributed by atoms with E-state index < -0.39 is 22.7 Å². The van der Waals surface area contributed by atoms with Gasteiger partial charge in [0.2, 0.25) is 0 Å². The van der Waals surface area contributed by atoms with Crippen LogP contribution in [-0.4, -0.2) is 27.2 Å². The second kappa shape index (κ2) is 9.76. The summed E-state index contributed by atoms with van der Waals surface area (Å²) < 4.78 is 50.2. The number of halogens is 3. The van der Waals surface area contributed by atoms with Crippen LogP contribution in [0.1, 0.15) is 39.7 Å². The van der Waals surface area contributed by atoms with Crippen molar-refractivity contribution in [2.75, 3.05) is 6.54 Å². The molecule has 0 saturated carbocycles. The van der Waals surface area contributed by atoms with Gasteiger partial charge in [-0.2, -0.15) is 18.3 Å². The van der Waals surface area contributed by atoms with Gasteiger partial charge < -0.3 is 14.5 Å². The van der Waals surface area contributed by atoms with Gasteiger partial charge in [0.15, 0.2) is 17.2 Å². The van der Waals surface area contributed by atoms with E-state index >= 15 is 0 Å². The zero-order chi connectivity index (χ0) is 24.2. The van der Waals surface area contributed by atoms with Crippen molar-refractivity contribution in [3.8, 4) is 5.75 Å². The molecule has 0 atom stereocenters. The van der Waals surface area contributed by atoms with Crippen LogP contribution in [0.3, 0.4) is 0 Å². The summed E-state index contributed by atoms with van der Waals surface area (Å²) in [5.74, 6) is -0.116. The highest BCUT2D eigenvalue weighted by atomic mass is 19.4. The van der Waals surface area contributed by atoms with Crippen LogP contribution in [0, 0.1) is 24.0 Å². The van der Waals surface area contributed by atoms with E-state index in [0.29, 0.717) is 17.9 Å². The van der Waals surface area contributed by atoms with E-state index in [0.717, 1.165) is 11.6 Å². The fraction of sp³-hybridized carbons (Fsp3) is 0.333. The Bertz CT molecular complexity index is 1150. The highest BCUT2D eigenvalue weighted by Gasteiger charge is 2.34. The van der Waals surface area contributed by atoms with Crippen LogP contribution in [0.5, 0.6) is 5.75 Å². The van der Waals surface area contributed by atoms with Crippen molar-refractivity contribution in [2.24, 2.45) is 0 Å². The van der Waals surface area contributed by atoms with E-state index in [1.54, 1.807) is 13.0 Å². The molecular weight excluding hydrogens is 445 g/mol. The quantitative estimate of drug-likeness (QED) is 0.284. The lowest BCUT2D eigenvalue weighted by Crippen LogP contribution is -2.25. The largest absolute Gasteiger partial charge is 0.479 e. The number of nitrogens with zero attached hydrogens (tertiary/aromatic N) is 3. The third kappa shape index (κ3) is 6.11. The summed E-state index contributed by atoms with van der Waals surface area (Å²) in [6.45, 7) is 3.54. The van der Waals surface area contributed by atoms with Gasteiger partial charge in [-0.05, 0) is 50.1 Å². The Kier molecular flexibility index (Phi) is 7.04. The average Bonchev–Trinajstić information content (AvgIpc) is 3.36. The normalized spacial score (nSPS) is 11.4. The van der Waals surface area contributed by atoms with Gasteiger partial charge in [0.25, 0.3) is 5.91 Å². The summed E-state index contributed by atoms with van der Waals surface area (Å²) in [6.07, 6.45) is -4.14. The predicted octanol–water partition coefficient (Wildman–Crippen LogP) is 4.42. The molecule has 3 rings (SSSR count). The fourth-order valence-corrected chi connectivity index (χ4v) is 3.01. The number of ether oxygens (including phenoxy) is 1. The molecular formula is C21H21F3N4O5. The third-order valence-corrected chi connectivity index (χ3v) is 4.67. The molecule has 1 amide bonds. The molecule has 3 aromatic rings. The topological polar surface area (TPSA) is 112 Å². The number of amides is 1. The molecule has 2 heterocycles. The van der Waals surface area contributed by atoms with Crippen molar-refractivity contribution in [3.05, 3.63) is 75.0 Å². The number of carbonyl (C=O) groups is 1. The molecule has 176 valence electrons. The second-order valence-corrected chi connectivity index (χ2v) is 7.28. The minimum absolute atomic E-state index is 0.0154. The van der Waals surface area contributed by atoms with Crippen molar-refractivity contribution in [1.29, 1.82) is 0 Å². The summed E-state index contributed by atoms with van der Waals surface area (Å²) in [6, 6.07) is 8.48. The highest BCUT2D eigenvalue weighted by molar-refractivity contribution is 5.91. The molecule has 0 fully saturated rings. The molecule has 0 spiro atoms. The molecule has 0 bridgehead atoms. The number of aryl methyl sites for hydroxylation is 3. The van der Waals surface area contributed by atoms with Gasteiger partial charge in [-0.3, -0.25) is 19.6 Å². The summed E-state index contributed by atoms with van der Waals surface area (Å²) in [5.41, 5.74) is -0.0349. The summed E-state index contributed by atoms with van der Waals surface area (Å²) in [5, 5.41) is 17.3. The minimum atomic E-state index is -4.50. The van der Waals surface area contributed by atoms with Gasteiger partial charge in [0.1, 0.15) is 12.4 Å². The number of nitro benzene ring substituents is 1. The number of hydrogen-bond acceptors (Lipinski definition) is 6. The Morgan fingerprint density at radius 3 is 2.67 bits per heavy atom. The first kappa shape index (κ1) is 23.8. The molecule has 0 unspecified atom stereocenters. The average molecular weight is 466 g/mol. The van der Waals surface area contributed by atoms with Gasteiger partial charge in [-0.25, -0.2) is 0 Å². The van der Waals surface area contributed by atoms with E-state index in [1.807, 2.05) is 0 Å². The number of nitrogens with one attached hydrogen (secondary N) is 1. The lowest BCUT2D eigenvalue weighted by atomic mass is 10.2. The van der Waals surface area contributed by atoms with E-state index in [1.165, 1.54) is 35.9 Å². The third-order valence-electron chi connectivity index (χ3n) is 4.67. The van der Waals surface area contributed by atoms with Gasteiger partial charge in [-0.15, -0.1) is 0 Å². The van der Waals surface area contributed by atoms with Gasteiger partial charge in [-0.1, -0.05) is 6.07 Å². The van der Waals surface area contributed by atoms with Crippen LogP contribution in [0.2, 0.25) is 0 Å². The molecule has 12 heteroatoms. The number of alkyl halides is 3. The standard InChI is InChI=1S/C21H21F3N4O5/c1-13-4-6-17(16(10-13)28(30)31)32-12-15-5-7-18(33-15)20(29)25-8-3-9-27-14(2)11-19(26-27)21(22,23)24/h4-7,10-11H,3,8-9,12H2,1-2H3,(H,25,29). The van der Waals surface area contributed by atoms with Crippen molar-refractivity contribution in [3.63, 3.8) is 0 Å². The van der Waals surface area contributed by atoms with Crippen molar-refractivity contribution in [2.45, 2.75) is 39.6 Å². The summed E-state index contributed by atoms with van der Waals surface area (Å²) in [4.78, 5) is 22.8. The SMILES string of the molecule is Cc1ccc(OCc2ccc(C(=O)NCCCn3nc(C(F)(F)F)cc3C)o2)c([N+](=O)[O-])c1. The maximum atomic E-state index is 12.7. The summed E-state index contributed by atoms with van der Waals surface area (Å²) >= 11 is 0. The van der Waals surface area contributed by atoms with E-state index in [-0.39, 0.29) is 36.9 Å². The maximum absolute atomic E-state index is 12.7. The lowest BCUT2D eigenvalue weighted by Gasteiger charge is -2.07. The smallest absolute Gasteiger partial charge is 0.435 e. The van der Waals surface area contributed by atoms with E-state index in [2.05, 4.69) is 10.4 Å². The van der Waals surface area contributed by atoms with Crippen molar-refractivity contribution in [1.82, 2.24) is 15.1 Å². The maximum Gasteiger partial charge on any atom is 0.435 e. The van der Waals surface area contributed by atoms with E-state index in [9.17, 15) is 28.1 Å². The second-order valence-electron chi connectivity index (χ2n) is 7.28. The van der Waals surface area contributed by atoms with Crippen molar-refractivity contribution >= 4 is 11.6 Å². The monoisotopic (exact) mass is 466 g/mol. The van der Waals surface area contributed by atoms with Crippen LogP contribution in [0.25, 0.3) is 0 Å². The molecule has 1 aromatic carbocycles. The first-order valence-electron chi connectivity index (χ1n) is 9.91. The Labute approximate surface area is 186 Å². The summed E-state index contributed by atoms with van der Waals surface area (Å²) in [7, 11) is 0. The fourth-order valence-electron chi connectivity index (χ4n) is 3.01. The number of benzene rings is 1. The molecule has 0 saturated heterocycles. The number of carbonyl (C=O) groups excluding carboxylic acids is 1. The molecule has 0 aliphatic heterocycles. The Hall–Kier alpha value is -3.83. The van der Waals surface area contributed by atoms with Crippen LogP contribution < -0.4 is 10.1 Å². The predicted molar refractivity (Wildman–Crippen MR) is 110 cm³/mol. The molecule has 9 nitrogen and oxygen atoms in total. The van der Waals surface area contributed by atoms with E-state index in [4.69, 9.17) is 9.15 Å². The Balaban J connectivity index is 1.49. The van der Waals surface area contributed by atoms with Gasteiger partial charge in [0.05, 0.1) is 4.92 Å². The number of rotatable bonds is 9. The number of hydrogen-bond donors (Lipinski definition) is 1. The molecule has 0 aliphatic carbocycles. The first-order chi connectivity index (χ1) is 15.5. The minimum Gasteiger partial charge on any atom is -0.479 e. The Morgan fingerprint density at radius 2 is 2.00 bits per heavy atom. The van der Waals surface area contributed by atoms with Crippen LogP contribution in [0.15, 0.2) is 40.8 Å². The van der Waals surface area contributed by atoms with Crippen LogP contribution in [0.4, 0.5) is 18.9 Å². The zero-order valence-electron chi connectivity index (χ0n) is 17.8.